The summed E-state index contributed by atoms with van der Waals surface area (Å²) in [5.41, 5.74) is 0.513. The van der Waals surface area contributed by atoms with E-state index < -0.39 is 5.97 Å². The molecule has 0 aliphatic rings. The molecule has 0 fully saturated rings. The fourth-order valence-corrected chi connectivity index (χ4v) is 2.56. The second-order valence-electron chi connectivity index (χ2n) is 3.53. The van der Waals surface area contributed by atoms with E-state index in [-0.39, 0.29) is 18.9 Å². The average Bonchev–Trinajstić information content (AvgIpc) is 2.23. The summed E-state index contributed by atoms with van der Waals surface area (Å²) in [5, 5.41) is 8.55. The van der Waals surface area contributed by atoms with Crippen molar-refractivity contribution in [2.75, 3.05) is 13.6 Å². The Labute approximate surface area is 116 Å². The van der Waals surface area contributed by atoms with Gasteiger partial charge in [-0.3, -0.25) is 9.59 Å². The van der Waals surface area contributed by atoms with Gasteiger partial charge in [-0.15, -0.1) is 0 Å². The zero-order valence-corrected chi connectivity index (χ0v) is 12.3. The molecule has 1 amide bonds. The molecule has 0 atom stereocenters. The molecule has 0 saturated carbocycles. The van der Waals surface area contributed by atoms with E-state index >= 15 is 0 Å². The van der Waals surface area contributed by atoms with Gasteiger partial charge in [-0.05, 0) is 18.2 Å². The number of carboxylic acid groups (broad SMARTS) is 1. The van der Waals surface area contributed by atoms with Crippen molar-refractivity contribution in [3.05, 3.63) is 32.7 Å². The number of amides is 1. The quantitative estimate of drug-likeness (QED) is 0.893. The number of carbonyl (C=O) groups excluding carboxylic acids is 1. The van der Waals surface area contributed by atoms with E-state index in [4.69, 9.17) is 5.11 Å². The molecule has 0 aliphatic carbocycles. The summed E-state index contributed by atoms with van der Waals surface area (Å²) in [6.45, 7) is 0.193. The highest BCUT2D eigenvalue weighted by molar-refractivity contribution is 9.11. The van der Waals surface area contributed by atoms with E-state index in [9.17, 15) is 9.59 Å². The first-order valence-corrected chi connectivity index (χ1v) is 6.42. The highest BCUT2D eigenvalue weighted by Crippen LogP contribution is 2.20. The van der Waals surface area contributed by atoms with Crippen molar-refractivity contribution in [3.63, 3.8) is 0 Å². The predicted molar refractivity (Wildman–Crippen MR) is 71.1 cm³/mol. The van der Waals surface area contributed by atoms with Gasteiger partial charge >= 0.3 is 5.97 Å². The van der Waals surface area contributed by atoms with Crippen molar-refractivity contribution < 1.29 is 14.7 Å². The van der Waals surface area contributed by atoms with Crippen molar-refractivity contribution in [1.82, 2.24) is 4.90 Å². The number of hydrogen-bond acceptors (Lipinski definition) is 2. The largest absolute Gasteiger partial charge is 0.481 e. The molecular formula is C11H11Br2NO3. The first-order valence-electron chi connectivity index (χ1n) is 4.83. The molecular weight excluding hydrogens is 354 g/mol. The smallest absolute Gasteiger partial charge is 0.305 e. The number of nitrogens with zero attached hydrogens (tertiary/aromatic N) is 1. The van der Waals surface area contributed by atoms with Gasteiger partial charge in [-0.25, -0.2) is 0 Å². The first kappa shape index (κ1) is 14.2. The van der Waals surface area contributed by atoms with Crippen LogP contribution in [0.15, 0.2) is 27.1 Å². The molecule has 1 aromatic rings. The fraction of sp³-hybridized carbons (Fsp3) is 0.273. The van der Waals surface area contributed by atoms with E-state index in [1.165, 1.54) is 4.90 Å². The molecule has 0 aliphatic heterocycles. The van der Waals surface area contributed by atoms with Crippen LogP contribution in [0.25, 0.3) is 0 Å². The van der Waals surface area contributed by atoms with Crippen molar-refractivity contribution in [2.24, 2.45) is 0 Å². The van der Waals surface area contributed by atoms with Gasteiger partial charge in [0.1, 0.15) is 0 Å². The lowest BCUT2D eigenvalue weighted by molar-refractivity contribution is -0.137. The van der Waals surface area contributed by atoms with Crippen LogP contribution in [-0.2, 0) is 4.79 Å². The normalized spacial score (nSPS) is 10.1. The van der Waals surface area contributed by atoms with Crippen LogP contribution in [0.4, 0.5) is 0 Å². The van der Waals surface area contributed by atoms with Gasteiger partial charge in [0.05, 0.1) is 6.42 Å². The Morgan fingerprint density at radius 2 is 1.76 bits per heavy atom. The molecule has 4 nitrogen and oxygen atoms in total. The zero-order chi connectivity index (χ0) is 13.0. The van der Waals surface area contributed by atoms with E-state index in [2.05, 4.69) is 31.9 Å². The third kappa shape index (κ3) is 4.47. The second kappa shape index (κ2) is 6.16. The van der Waals surface area contributed by atoms with Gasteiger partial charge in [0.15, 0.2) is 0 Å². The standard InChI is InChI=1S/C11H11Br2NO3/c1-14(3-2-10(15)16)11(17)7-4-8(12)6-9(13)5-7/h4-6H,2-3H2,1H3,(H,15,16). The number of carbonyl (C=O) groups is 2. The zero-order valence-electron chi connectivity index (χ0n) is 9.11. The Hall–Kier alpha value is -0.880. The average molecular weight is 365 g/mol. The first-order chi connectivity index (χ1) is 7.90. The van der Waals surface area contributed by atoms with Gasteiger partial charge in [0, 0.05) is 28.1 Å². The summed E-state index contributed by atoms with van der Waals surface area (Å²) >= 11 is 6.60. The summed E-state index contributed by atoms with van der Waals surface area (Å²) in [5.74, 6) is -1.12. The van der Waals surface area contributed by atoms with E-state index in [0.29, 0.717) is 5.56 Å². The SMILES string of the molecule is CN(CCC(=O)O)C(=O)c1cc(Br)cc(Br)c1. The molecule has 0 saturated heterocycles. The summed E-state index contributed by atoms with van der Waals surface area (Å²) < 4.78 is 1.59. The monoisotopic (exact) mass is 363 g/mol. The molecule has 0 aromatic heterocycles. The minimum Gasteiger partial charge on any atom is -0.481 e. The molecule has 0 unspecified atom stereocenters. The molecule has 1 N–H and O–H groups in total. The molecule has 92 valence electrons. The lowest BCUT2D eigenvalue weighted by atomic mass is 10.2. The molecule has 0 bridgehead atoms. The van der Waals surface area contributed by atoms with Crippen molar-refractivity contribution in [3.8, 4) is 0 Å². The number of halogens is 2. The van der Waals surface area contributed by atoms with Crippen molar-refractivity contribution in [1.29, 1.82) is 0 Å². The third-order valence-corrected chi connectivity index (χ3v) is 3.03. The topological polar surface area (TPSA) is 57.6 Å². The number of benzene rings is 1. The third-order valence-electron chi connectivity index (χ3n) is 2.12. The van der Waals surface area contributed by atoms with Crippen LogP contribution in [0.1, 0.15) is 16.8 Å². The summed E-state index contributed by atoms with van der Waals surface area (Å²) in [4.78, 5) is 23.8. The number of aliphatic carboxylic acids is 1. The summed E-state index contributed by atoms with van der Waals surface area (Å²) in [6.07, 6.45) is -0.0581. The fourth-order valence-electron chi connectivity index (χ4n) is 1.26. The van der Waals surface area contributed by atoms with E-state index in [0.717, 1.165) is 8.95 Å². The van der Waals surface area contributed by atoms with Crippen LogP contribution in [0.3, 0.4) is 0 Å². The summed E-state index contributed by atoms with van der Waals surface area (Å²) in [6, 6.07) is 5.22. The lowest BCUT2D eigenvalue weighted by Crippen LogP contribution is -2.29. The van der Waals surface area contributed by atoms with Crippen molar-refractivity contribution in [2.45, 2.75) is 6.42 Å². The highest BCUT2D eigenvalue weighted by atomic mass is 79.9. The van der Waals surface area contributed by atoms with Gasteiger partial charge in [-0.1, -0.05) is 31.9 Å². The van der Waals surface area contributed by atoms with Crippen LogP contribution in [-0.4, -0.2) is 35.5 Å². The van der Waals surface area contributed by atoms with Crippen LogP contribution in [0.2, 0.25) is 0 Å². The Balaban J connectivity index is 2.77. The van der Waals surface area contributed by atoms with Crippen LogP contribution in [0.5, 0.6) is 0 Å². The molecule has 1 rings (SSSR count). The van der Waals surface area contributed by atoms with Gasteiger partial charge < -0.3 is 10.0 Å². The Kier molecular flexibility index (Phi) is 5.14. The Bertz CT molecular complexity index is 428. The molecule has 6 heteroatoms. The molecule has 0 radical (unpaired) electrons. The van der Waals surface area contributed by atoms with Crippen molar-refractivity contribution >= 4 is 43.7 Å². The van der Waals surface area contributed by atoms with Crippen LogP contribution < -0.4 is 0 Å². The van der Waals surface area contributed by atoms with E-state index in [1.807, 2.05) is 6.07 Å². The molecule has 0 heterocycles. The molecule has 1 aromatic carbocycles. The molecule has 17 heavy (non-hydrogen) atoms. The highest BCUT2D eigenvalue weighted by Gasteiger charge is 2.13. The lowest BCUT2D eigenvalue weighted by Gasteiger charge is -2.16. The van der Waals surface area contributed by atoms with Gasteiger partial charge in [0.2, 0.25) is 0 Å². The second-order valence-corrected chi connectivity index (χ2v) is 5.36. The van der Waals surface area contributed by atoms with Crippen LogP contribution in [0, 0.1) is 0 Å². The summed E-state index contributed by atoms with van der Waals surface area (Å²) in [7, 11) is 1.58. The number of rotatable bonds is 4. The maximum Gasteiger partial charge on any atom is 0.305 e. The van der Waals surface area contributed by atoms with Gasteiger partial charge in [-0.2, -0.15) is 0 Å². The molecule has 0 spiro atoms. The minimum absolute atomic E-state index is 0.0581. The maximum absolute atomic E-state index is 12.0. The minimum atomic E-state index is -0.917. The number of carboxylic acids is 1. The number of hydrogen-bond donors (Lipinski definition) is 1. The predicted octanol–water partition coefficient (Wildman–Crippen LogP) is 2.76. The van der Waals surface area contributed by atoms with E-state index in [1.54, 1.807) is 19.2 Å². The Morgan fingerprint density at radius 1 is 1.24 bits per heavy atom. The van der Waals surface area contributed by atoms with Crippen LogP contribution >= 0.6 is 31.9 Å². The maximum atomic E-state index is 12.0. The van der Waals surface area contributed by atoms with Gasteiger partial charge in [0.25, 0.3) is 5.91 Å². The Morgan fingerprint density at radius 3 is 2.24 bits per heavy atom.